The lowest BCUT2D eigenvalue weighted by molar-refractivity contribution is 0.298. The van der Waals surface area contributed by atoms with Crippen LogP contribution in [0.25, 0.3) is 21.5 Å². The Labute approximate surface area is 138 Å². The fraction of sp³-hybridized carbons (Fsp3) is 0.333. The molecule has 0 aliphatic carbocycles. The van der Waals surface area contributed by atoms with Gasteiger partial charge in [0.05, 0.1) is 6.61 Å². The van der Waals surface area contributed by atoms with Gasteiger partial charge >= 0.3 is 0 Å². The number of rotatable bonds is 6. The van der Waals surface area contributed by atoms with Crippen LogP contribution in [0.2, 0.25) is 0 Å². The molecule has 0 radical (unpaired) electrons. The zero-order valence-corrected chi connectivity index (χ0v) is 14.3. The van der Waals surface area contributed by atoms with Crippen LogP contribution < -0.4 is 4.74 Å². The standard InChI is InChI=1S/C21H25NO/c1-16-9-8-12-19-20(16)15-17-10-4-5-11-18(17)21(19)23-14-7-6-13-22(2)3/h4-5,8-12,15H,6-7,13-14H2,1-3H3. The maximum absolute atomic E-state index is 6.25. The molecule has 0 atom stereocenters. The number of hydrogen-bond acceptors (Lipinski definition) is 2. The molecular weight excluding hydrogens is 282 g/mol. The quantitative estimate of drug-likeness (QED) is 0.468. The lowest BCUT2D eigenvalue weighted by Gasteiger charge is -2.15. The van der Waals surface area contributed by atoms with Crippen LogP contribution in [0, 0.1) is 6.92 Å². The Bertz CT molecular complexity index is 807. The Kier molecular flexibility index (Phi) is 4.82. The molecule has 23 heavy (non-hydrogen) atoms. The summed E-state index contributed by atoms with van der Waals surface area (Å²) in [7, 11) is 4.23. The van der Waals surface area contributed by atoms with E-state index in [0.29, 0.717) is 0 Å². The molecule has 0 bridgehead atoms. The van der Waals surface area contributed by atoms with E-state index in [2.05, 4.69) is 74.4 Å². The van der Waals surface area contributed by atoms with Gasteiger partial charge in [0.25, 0.3) is 0 Å². The first kappa shape index (κ1) is 15.8. The zero-order chi connectivity index (χ0) is 16.2. The largest absolute Gasteiger partial charge is 0.492 e. The fourth-order valence-corrected chi connectivity index (χ4v) is 3.06. The monoisotopic (exact) mass is 307 g/mol. The second-order valence-corrected chi connectivity index (χ2v) is 6.46. The van der Waals surface area contributed by atoms with E-state index >= 15 is 0 Å². The van der Waals surface area contributed by atoms with Gasteiger partial charge in [-0.1, -0.05) is 42.5 Å². The third-order valence-electron chi connectivity index (χ3n) is 4.32. The molecule has 3 rings (SSSR count). The average Bonchev–Trinajstić information content (AvgIpc) is 2.54. The first-order valence-corrected chi connectivity index (χ1v) is 8.35. The molecule has 0 heterocycles. The van der Waals surface area contributed by atoms with Crippen LogP contribution in [-0.2, 0) is 0 Å². The molecule has 2 heteroatoms. The maximum Gasteiger partial charge on any atom is 0.134 e. The van der Waals surface area contributed by atoms with E-state index in [1.807, 2.05) is 0 Å². The van der Waals surface area contributed by atoms with Crippen molar-refractivity contribution in [3.63, 3.8) is 0 Å². The van der Waals surface area contributed by atoms with E-state index in [-0.39, 0.29) is 0 Å². The molecule has 0 amide bonds. The van der Waals surface area contributed by atoms with Gasteiger partial charge in [-0.2, -0.15) is 0 Å². The normalized spacial score (nSPS) is 11.5. The highest BCUT2D eigenvalue weighted by molar-refractivity contribution is 6.06. The fourth-order valence-electron chi connectivity index (χ4n) is 3.06. The van der Waals surface area contributed by atoms with Gasteiger partial charge < -0.3 is 9.64 Å². The molecule has 3 aromatic rings. The Morgan fingerprint density at radius 3 is 2.48 bits per heavy atom. The second-order valence-electron chi connectivity index (χ2n) is 6.46. The summed E-state index contributed by atoms with van der Waals surface area (Å²) >= 11 is 0. The van der Waals surface area contributed by atoms with E-state index in [9.17, 15) is 0 Å². The number of nitrogens with zero attached hydrogens (tertiary/aromatic N) is 1. The predicted octanol–water partition coefficient (Wildman–Crippen LogP) is 5.02. The number of ether oxygens (including phenoxy) is 1. The lowest BCUT2D eigenvalue weighted by atomic mass is 9.99. The number of benzene rings is 3. The second kappa shape index (κ2) is 7.01. The summed E-state index contributed by atoms with van der Waals surface area (Å²) in [5, 5.41) is 4.96. The van der Waals surface area contributed by atoms with Crippen LogP contribution in [0.5, 0.6) is 5.75 Å². The summed E-state index contributed by atoms with van der Waals surface area (Å²) in [6, 6.07) is 17.2. The minimum atomic E-state index is 0.769. The molecule has 120 valence electrons. The van der Waals surface area contributed by atoms with Crippen molar-refractivity contribution in [2.45, 2.75) is 19.8 Å². The molecule has 0 saturated heterocycles. The van der Waals surface area contributed by atoms with Crippen molar-refractivity contribution in [3.05, 3.63) is 54.1 Å². The summed E-state index contributed by atoms with van der Waals surface area (Å²) in [5.41, 5.74) is 1.30. The van der Waals surface area contributed by atoms with Crippen LogP contribution in [0.3, 0.4) is 0 Å². The van der Waals surface area contributed by atoms with Gasteiger partial charge in [0.2, 0.25) is 0 Å². The predicted molar refractivity (Wildman–Crippen MR) is 99.5 cm³/mol. The highest BCUT2D eigenvalue weighted by Gasteiger charge is 2.10. The molecule has 0 fully saturated rings. The lowest BCUT2D eigenvalue weighted by Crippen LogP contribution is -2.13. The Balaban J connectivity index is 1.93. The minimum absolute atomic E-state index is 0.769. The average molecular weight is 307 g/mol. The molecular formula is C21H25NO. The van der Waals surface area contributed by atoms with Crippen molar-refractivity contribution in [3.8, 4) is 5.75 Å². The smallest absolute Gasteiger partial charge is 0.134 e. The van der Waals surface area contributed by atoms with E-state index < -0.39 is 0 Å². The Morgan fingerprint density at radius 1 is 0.870 bits per heavy atom. The minimum Gasteiger partial charge on any atom is -0.492 e. The SMILES string of the molecule is Cc1cccc2c(OCCCCN(C)C)c3ccccc3cc12. The first-order chi connectivity index (χ1) is 11.2. The van der Waals surface area contributed by atoms with Crippen molar-refractivity contribution >= 4 is 21.5 Å². The summed E-state index contributed by atoms with van der Waals surface area (Å²) in [4.78, 5) is 2.22. The Hall–Kier alpha value is -2.06. The molecule has 0 aliphatic rings. The molecule has 0 unspecified atom stereocenters. The van der Waals surface area contributed by atoms with Crippen molar-refractivity contribution in [1.29, 1.82) is 0 Å². The number of fused-ring (bicyclic) bond motifs is 2. The van der Waals surface area contributed by atoms with Crippen molar-refractivity contribution in [2.75, 3.05) is 27.2 Å². The molecule has 0 N–H and O–H groups in total. The summed E-state index contributed by atoms with van der Waals surface area (Å²) in [6.45, 7) is 4.04. The van der Waals surface area contributed by atoms with Gasteiger partial charge in [0, 0.05) is 10.8 Å². The van der Waals surface area contributed by atoms with Crippen LogP contribution in [0.4, 0.5) is 0 Å². The maximum atomic E-state index is 6.25. The topological polar surface area (TPSA) is 12.5 Å². The number of aryl methyl sites for hydroxylation is 1. The third-order valence-corrected chi connectivity index (χ3v) is 4.32. The van der Waals surface area contributed by atoms with E-state index in [4.69, 9.17) is 4.74 Å². The molecule has 0 spiro atoms. The van der Waals surface area contributed by atoms with Crippen LogP contribution in [-0.4, -0.2) is 32.1 Å². The van der Waals surface area contributed by atoms with E-state index in [1.54, 1.807) is 0 Å². The summed E-state index contributed by atoms with van der Waals surface area (Å²) in [5.74, 6) is 1.03. The first-order valence-electron chi connectivity index (χ1n) is 8.35. The van der Waals surface area contributed by atoms with Crippen LogP contribution >= 0.6 is 0 Å². The van der Waals surface area contributed by atoms with Crippen molar-refractivity contribution < 1.29 is 4.74 Å². The van der Waals surface area contributed by atoms with Crippen LogP contribution in [0.15, 0.2) is 48.5 Å². The van der Waals surface area contributed by atoms with E-state index in [1.165, 1.54) is 27.1 Å². The highest BCUT2D eigenvalue weighted by Crippen LogP contribution is 2.36. The molecule has 0 aliphatic heterocycles. The summed E-state index contributed by atoms with van der Waals surface area (Å²) in [6.07, 6.45) is 2.24. The third kappa shape index (κ3) is 3.48. The van der Waals surface area contributed by atoms with E-state index in [0.717, 1.165) is 31.7 Å². The van der Waals surface area contributed by atoms with Crippen molar-refractivity contribution in [2.24, 2.45) is 0 Å². The van der Waals surface area contributed by atoms with Gasteiger partial charge in [0.15, 0.2) is 0 Å². The van der Waals surface area contributed by atoms with Crippen LogP contribution in [0.1, 0.15) is 18.4 Å². The van der Waals surface area contributed by atoms with Gasteiger partial charge in [-0.15, -0.1) is 0 Å². The molecule has 2 nitrogen and oxygen atoms in total. The number of unbranched alkanes of at least 4 members (excludes halogenated alkanes) is 1. The van der Waals surface area contributed by atoms with Gasteiger partial charge in [-0.3, -0.25) is 0 Å². The molecule has 0 aromatic heterocycles. The summed E-state index contributed by atoms with van der Waals surface area (Å²) < 4.78 is 6.25. The van der Waals surface area contributed by atoms with Crippen molar-refractivity contribution in [1.82, 2.24) is 4.90 Å². The number of hydrogen-bond donors (Lipinski definition) is 0. The van der Waals surface area contributed by atoms with Gasteiger partial charge in [0.1, 0.15) is 5.75 Å². The zero-order valence-electron chi connectivity index (χ0n) is 14.3. The van der Waals surface area contributed by atoms with Gasteiger partial charge in [-0.25, -0.2) is 0 Å². The molecule has 0 saturated carbocycles. The molecule has 3 aromatic carbocycles. The van der Waals surface area contributed by atoms with Gasteiger partial charge in [-0.05, 0) is 62.8 Å². The Morgan fingerprint density at radius 2 is 1.65 bits per heavy atom. The highest BCUT2D eigenvalue weighted by atomic mass is 16.5.